The summed E-state index contributed by atoms with van der Waals surface area (Å²) in [5.74, 6) is 0.772. The van der Waals surface area contributed by atoms with Crippen molar-refractivity contribution in [3.05, 3.63) is 29.3 Å². The number of carbonyl (C=O) groups excluding carboxylic acids is 1. The summed E-state index contributed by atoms with van der Waals surface area (Å²) in [5, 5.41) is 6.30. The van der Waals surface area contributed by atoms with E-state index < -0.39 is 5.60 Å². The Kier molecular flexibility index (Phi) is 7.72. The van der Waals surface area contributed by atoms with Crippen molar-refractivity contribution in [2.75, 3.05) is 20.2 Å². The number of ether oxygens (including phenoxy) is 2. The highest BCUT2D eigenvalue weighted by molar-refractivity contribution is 5.85. The van der Waals surface area contributed by atoms with Crippen LogP contribution in [-0.2, 0) is 16.1 Å². The van der Waals surface area contributed by atoms with Crippen molar-refractivity contribution < 1.29 is 14.3 Å². The summed E-state index contributed by atoms with van der Waals surface area (Å²) in [6.07, 6.45) is 1.38. The molecule has 2 rings (SSSR count). The van der Waals surface area contributed by atoms with Gasteiger partial charge in [-0.25, -0.2) is 0 Å². The largest absolute Gasteiger partial charge is 0.488 e. The fourth-order valence-corrected chi connectivity index (χ4v) is 2.92. The Morgan fingerprint density at radius 3 is 2.48 bits per heavy atom. The summed E-state index contributed by atoms with van der Waals surface area (Å²) in [6, 6.07) is 6.07. The number of aryl methyl sites for hydroxylation is 1. The Morgan fingerprint density at radius 2 is 1.92 bits per heavy atom. The van der Waals surface area contributed by atoms with Gasteiger partial charge in [-0.1, -0.05) is 12.1 Å². The molecule has 0 aliphatic carbocycles. The third kappa shape index (κ3) is 5.87. The Morgan fingerprint density at radius 1 is 1.28 bits per heavy atom. The second kappa shape index (κ2) is 8.88. The maximum absolute atomic E-state index is 12.7. The fourth-order valence-electron chi connectivity index (χ4n) is 2.92. The zero-order chi connectivity index (χ0) is 17.8. The maximum Gasteiger partial charge on any atom is 0.252 e. The molecular formula is C19H31ClN2O3. The van der Waals surface area contributed by atoms with E-state index in [0.717, 1.165) is 30.0 Å². The van der Waals surface area contributed by atoms with E-state index in [2.05, 4.69) is 10.6 Å². The van der Waals surface area contributed by atoms with Crippen LogP contribution in [0, 0.1) is 6.92 Å². The minimum absolute atomic E-state index is 0. The summed E-state index contributed by atoms with van der Waals surface area (Å²) < 4.78 is 11.6. The number of nitrogens with one attached hydrogen (secondary N) is 2. The predicted molar refractivity (Wildman–Crippen MR) is 102 cm³/mol. The topological polar surface area (TPSA) is 59.6 Å². The van der Waals surface area contributed by atoms with E-state index in [0.29, 0.717) is 19.4 Å². The first-order chi connectivity index (χ1) is 11.3. The van der Waals surface area contributed by atoms with Gasteiger partial charge in [-0.2, -0.15) is 0 Å². The Labute approximate surface area is 157 Å². The molecule has 0 atom stereocenters. The number of methoxy groups -OCH3 is 1. The van der Waals surface area contributed by atoms with Crippen molar-refractivity contribution in [2.45, 2.75) is 58.3 Å². The lowest BCUT2D eigenvalue weighted by Crippen LogP contribution is -2.53. The van der Waals surface area contributed by atoms with E-state index in [1.807, 2.05) is 45.9 Å². The van der Waals surface area contributed by atoms with Gasteiger partial charge >= 0.3 is 0 Å². The van der Waals surface area contributed by atoms with Gasteiger partial charge in [0.15, 0.2) is 0 Å². The number of amides is 1. The molecule has 2 N–H and O–H groups in total. The van der Waals surface area contributed by atoms with Crippen LogP contribution in [0.15, 0.2) is 18.2 Å². The van der Waals surface area contributed by atoms with Crippen LogP contribution in [0.25, 0.3) is 0 Å². The van der Waals surface area contributed by atoms with Gasteiger partial charge in [0.2, 0.25) is 0 Å². The molecular weight excluding hydrogens is 340 g/mol. The smallest absolute Gasteiger partial charge is 0.252 e. The molecule has 25 heavy (non-hydrogen) atoms. The molecule has 1 aromatic carbocycles. The highest BCUT2D eigenvalue weighted by Gasteiger charge is 2.39. The molecule has 0 saturated carbocycles. The molecule has 1 aliphatic rings. The Hall–Kier alpha value is -1.30. The van der Waals surface area contributed by atoms with Crippen LogP contribution in [0.2, 0.25) is 0 Å². The third-order valence-electron chi connectivity index (χ3n) is 4.29. The highest BCUT2D eigenvalue weighted by Crippen LogP contribution is 2.26. The lowest BCUT2D eigenvalue weighted by molar-refractivity contribution is -0.146. The van der Waals surface area contributed by atoms with Crippen LogP contribution in [-0.4, -0.2) is 37.3 Å². The molecule has 0 spiro atoms. The van der Waals surface area contributed by atoms with Gasteiger partial charge in [-0.05, 0) is 65.3 Å². The number of hydrogen-bond acceptors (Lipinski definition) is 4. The summed E-state index contributed by atoms with van der Waals surface area (Å²) in [6.45, 7) is 10.1. The van der Waals surface area contributed by atoms with Crippen LogP contribution < -0.4 is 15.4 Å². The molecule has 1 amide bonds. The van der Waals surface area contributed by atoms with Gasteiger partial charge in [0.05, 0.1) is 0 Å². The number of rotatable bonds is 5. The van der Waals surface area contributed by atoms with Gasteiger partial charge in [0.1, 0.15) is 17.0 Å². The third-order valence-corrected chi connectivity index (χ3v) is 4.29. The van der Waals surface area contributed by atoms with Crippen LogP contribution in [0.1, 0.15) is 44.7 Å². The standard InChI is InChI=1S/C19H30N2O3.ClH/c1-14-6-7-15(16(12-14)24-18(2,3)4)13-21-17(22)19(23-5)8-10-20-11-9-19;/h6-7,12,20H,8-11,13H2,1-5H3,(H,21,22);1H. The SMILES string of the molecule is COC1(C(=O)NCc2ccc(C)cc2OC(C)(C)C)CCNCC1.Cl. The van der Waals surface area contributed by atoms with Crippen molar-refractivity contribution in [1.82, 2.24) is 10.6 Å². The monoisotopic (exact) mass is 370 g/mol. The first kappa shape index (κ1) is 21.7. The van der Waals surface area contributed by atoms with E-state index in [1.54, 1.807) is 7.11 Å². The van der Waals surface area contributed by atoms with Crippen molar-refractivity contribution in [3.63, 3.8) is 0 Å². The number of carbonyl (C=O) groups is 1. The molecule has 1 aliphatic heterocycles. The summed E-state index contributed by atoms with van der Waals surface area (Å²) in [7, 11) is 1.62. The molecule has 0 bridgehead atoms. The second-order valence-corrected chi connectivity index (χ2v) is 7.46. The van der Waals surface area contributed by atoms with E-state index in [9.17, 15) is 4.79 Å². The highest BCUT2D eigenvalue weighted by atomic mass is 35.5. The second-order valence-electron chi connectivity index (χ2n) is 7.46. The quantitative estimate of drug-likeness (QED) is 0.836. The van der Waals surface area contributed by atoms with Crippen LogP contribution in [0.5, 0.6) is 5.75 Å². The average molecular weight is 371 g/mol. The first-order valence-electron chi connectivity index (χ1n) is 8.58. The molecule has 1 saturated heterocycles. The predicted octanol–water partition coefficient (Wildman–Crippen LogP) is 2.98. The lowest BCUT2D eigenvalue weighted by atomic mass is 9.91. The van der Waals surface area contributed by atoms with Gasteiger partial charge in [0, 0.05) is 19.2 Å². The number of benzene rings is 1. The van der Waals surface area contributed by atoms with Crippen molar-refractivity contribution in [3.8, 4) is 5.75 Å². The normalized spacial score (nSPS) is 16.7. The number of piperidine rings is 1. The van der Waals surface area contributed by atoms with Crippen LogP contribution in [0.3, 0.4) is 0 Å². The molecule has 5 nitrogen and oxygen atoms in total. The molecule has 1 heterocycles. The summed E-state index contributed by atoms with van der Waals surface area (Å²) in [4.78, 5) is 12.7. The molecule has 0 radical (unpaired) electrons. The summed E-state index contributed by atoms with van der Waals surface area (Å²) in [5.41, 5.74) is 1.11. The van der Waals surface area contributed by atoms with Crippen LogP contribution >= 0.6 is 12.4 Å². The average Bonchev–Trinajstić information content (AvgIpc) is 2.53. The molecule has 1 fully saturated rings. The molecule has 6 heteroatoms. The molecule has 1 aromatic rings. The van der Waals surface area contributed by atoms with E-state index >= 15 is 0 Å². The lowest BCUT2D eigenvalue weighted by Gasteiger charge is -2.34. The molecule has 142 valence electrons. The van der Waals surface area contributed by atoms with Crippen molar-refractivity contribution in [2.24, 2.45) is 0 Å². The Balaban J connectivity index is 0.00000312. The van der Waals surface area contributed by atoms with Crippen LogP contribution in [0.4, 0.5) is 0 Å². The minimum Gasteiger partial charge on any atom is -0.488 e. The van der Waals surface area contributed by atoms with Crippen molar-refractivity contribution >= 4 is 18.3 Å². The van der Waals surface area contributed by atoms with Gasteiger partial charge < -0.3 is 20.1 Å². The van der Waals surface area contributed by atoms with Gasteiger partial charge in [0.25, 0.3) is 5.91 Å². The molecule has 0 unspecified atom stereocenters. The number of halogens is 1. The van der Waals surface area contributed by atoms with E-state index in [-0.39, 0.29) is 23.9 Å². The maximum atomic E-state index is 12.7. The summed E-state index contributed by atoms with van der Waals surface area (Å²) >= 11 is 0. The van der Waals surface area contributed by atoms with E-state index in [1.165, 1.54) is 0 Å². The minimum atomic E-state index is -0.721. The number of hydrogen-bond donors (Lipinski definition) is 2. The fraction of sp³-hybridized carbons (Fsp3) is 0.632. The van der Waals surface area contributed by atoms with Crippen molar-refractivity contribution in [1.29, 1.82) is 0 Å². The first-order valence-corrected chi connectivity index (χ1v) is 8.58. The Bertz CT molecular complexity index is 579. The van der Waals surface area contributed by atoms with E-state index in [4.69, 9.17) is 9.47 Å². The molecule has 0 aromatic heterocycles. The zero-order valence-electron chi connectivity index (χ0n) is 15.9. The van der Waals surface area contributed by atoms with Gasteiger partial charge in [-0.15, -0.1) is 12.4 Å². The zero-order valence-corrected chi connectivity index (χ0v) is 16.7. The van der Waals surface area contributed by atoms with Gasteiger partial charge in [-0.3, -0.25) is 4.79 Å².